The van der Waals surface area contributed by atoms with Gasteiger partial charge in [-0.2, -0.15) is 0 Å². The first-order valence-electron chi connectivity index (χ1n) is 10.2. The van der Waals surface area contributed by atoms with Crippen LogP contribution in [0.25, 0.3) is 11.3 Å². The third kappa shape index (κ3) is 5.40. The number of nitrogens with zero attached hydrogens (tertiary/aromatic N) is 2. The highest BCUT2D eigenvalue weighted by atomic mass is 79.9. The monoisotopic (exact) mass is 446 g/mol. The molecule has 0 saturated heterocycles. The molecule has 0 saturated carbocycles. The Kier molecular flexibility index (Phi) is 8.61. The van der Waals surface area contributed by atoms with E-state index >= 15 is 0 Å². The number of carboxylic acids is 1. The molecular formula is C23H31BrN2O2. The van der Waals surface area contributed by atoms with Crippen molar-refractivity contribution in [3.63, 3.8) is 0 Å². The highest BCUT2D eigenvalue weighted by Crippen LogP contribution is 2.35. The van der Waals surface area contributed by atoms with Crippen molar-refractivity contribution in [1.29, 1.82) is 0 Å². The van der Waals surface area contributed by atoms with Crippen molar-refractivity contribution in [2.45, 2.75) is 76.0 Å². The number of aryl methyl sites for hydroxylation is 1. The van der Waals surface area contributed by atoms with E-state index in [-0.39, 0.29) is 4.83 Å². The Morgan fingerprint density at radius 2 is 1.75 bits per heavy atom. The molecule has 0 fully saturated rings. The minimum absolute atomic E-state index is 0.139. The number of halogens is 1. The van der Waals surface area contributed by atoms with Gasteiger partial charge in [-0.15, -0.1) is 0 Å². The van der Waals surface area contributed by atoms with Crippen molar-refractivity contribution >= 4 is 21.9 Å². The molecule has 2 aromatic rings. The number of rotatable bonds is 11. The minimum atomic E-state index is -0.972. The summed E-state index contributed by atoms with van der Waals surface area (Å²) in [4.78, 5) is 20.9. The molecule has 1 N–H and O–H groups in total. The van der Waals surface area contributed by atoms with E-state index in [0.717, 1.165) is 41.8 Å². The van der Waals surface area contributed by atoms with Crippen molar-refractivity contribution in [2.75, 3.05) is 0 Å². The highest BCUT2D eigenvalue weighted by Gasteiger charge is 2.41. The topological polar surface area (TPSA) is 63.1 Å². The van der Waals surface area contributed by atoms with E-state index in [1.807, 2.05) is 43.6 Å². The van der Waals surface area contributed by atoms with E-state index < -0.39 is 11.4 Å². The maximum absolute atomic E-state index is 11.9. The van der Waals surface area contributed by atoms with Gasteiger partial charge in [0.1, 0.15) is 5.41 Å². The Bertz CT molecular complexity index is 746. The average molecular weight is 447 g/mol. The second kappa shape index (κ2) is 10.7. The van der Waals surface area contributed by atoms with Crippen LogP contribution in [-0.4, -0.2) is 25.9 Å². The number of aliphatic carboxylic acids is 1. The van der Waals surface area contributed by atoms with E-state index in [9.17, 15) is 9.90 Å². The van der Waals surface area contributed by atoms with Crippen molar-refractivity contribution in [3.8, 4) is 11.3 Å². The van der Waals surface area contributed by atoms with Crippen molar-refractivity contribution in [1.82, 2.24) is 9.97 Å². The summed E-state index contributed by atoms with van der Waals surface area (Å²) in [7, 11) is 0. The second-order valence-electron chi connectivity index (χ2n) is 7.52. The van der Waals surface area contributed by atoms with Crippen LogP contribution in [0, 0.1) is 0 Å². The Labute approximate surface area is 176 Å². The Balaban J connectivity index is 2.07. The lowest BCUT2D eigenvalue weighted by molar-refractivity contribution is -0.143. The molecule has 0 bridgehead atoms. The first-order chi connectivity index (χ1) is 13.4. The summed E-state index contributed by atoms with van der Waals surface area (Å²) in [5.41, 5.74) is 2.59. The van der Waals surface area contributed by atoms with Gasteiger partial charge in [0, 0.05) is 16.6 Å². The lowest BCUT2D eigenvalue weighted by atomic mass is 9.78. The largest absolute Gasteiger partial charge is 0.481 e. The SMILES string of the molecule is CCCCCCCc1cnc(-c2ccc(C(C)(C(=O)O)C(Br)CC)cc2)cn1. The number of hydrogen-bond acceptors (Lipinski definition) is 3. The van der Waals surface area contributed by atoms with Gasteiger partial charge in [0.2, 0.25) is 0 Å². The molecule has 28 heavy (non-hydrogen) atoms. The summed E-state index contributed by atoms with van der Waals surface area (Å²) in [6.07, 6.45) is 11.6. The maximum atomic E-state index is 11.9. The van der Waals surface area contributed by atoms with E-state index in [1.165, 1.54) is 25.7 Å². The van der Waals surface area contributed by atoms with Gasteiger partial charge < -0.3 is 5.11 Å². The summed E-state index contributed by atoms with van der Waals surface area (Å²) in [5, 5.41) is 9.77. The summed E-state index contributed by atoms with van der Waals surface area (Å²) >= 11 is 3.54. The fourth-order valence-electron chi connectivity index (χ4n) is 3.38. The summed E-state index contributed by atoms with van der Waals surface area (Å²) in [6, 6.07) is 7.63. The zero-order valence-corrected chi connectivity index (χ0v) is 18.7. The van der Waals surface area contributed by atoms with Gasteiger partial charge in [-0.25, -0.2) is 0 Å². The lowest BCUT2D eigenvalue weighted by Gasteiger charge is -2.30. The number of hydrogen-bond donors (Lipinski definition) is 1. The van der Waals surface area contributed by atoms with Crippen molar-refractivity contribution < 1.29 is 9.90 Å². The van der Waals surface area contributed by atoms with E-state index in [2.05, 4.69) is 32.8 Å². The smallest absolute Gasteiger partial charge is 0.314 e. The summed E-state index contributed by atoms with van der Waals surface area (Å²) in [5.74, 6) is -0.827. The number of benzene rings is 1. The quantitative estimate of drug-likeness (QED) is 0.330. The summed E-state index contributed by atoms with van der Waals surface area (Å²) < 4.78 is 0. The van der Waals surface area contributed by atoms with Gasteiger partial charge in [-0.05, 0) is 31.7 Å². The van der Waals surface area contributed by atoms with Crippen molar-refractivity contribution in [2.24, 2.45) is 0 Å². The van der Waals surface area contributed by atoms with Crippen LogP contribution in [0.2, 0.25) is 0 Å². The number of alkyl halides is 1. The molecule has 1 aromatic carbocycles. The molecule has 0 amide bonds. The van der Waals surface area contributed by atoms with Crippen LogP contribution in [-0.2, 0) is 16.6 Å². The van der Waals surface area contributed by atoms with Crippen LogP contribution in [0.15, 0.2) is 36.7 Å². The Morgan fingerprint density at radius 1 is 1.07 bits per heavy atom. The highest BCUT2D eigenvalue weighted by molar-refractivity contribution is 9.09. The van der Waals surface area contributed by atoms with E-state index in [1.54, 1.807) is 6.92 Å². The molecule has 2 rings (SSSR count). The fraction of sp³-hybridized carbons (Fsp3) is 0.522. The predicted molar refractivity (Wildman–Crippen MR) is 118 cm³/mol. The fourth-order valence-corrected chi connectivity index (χ4v) is 3.84. The number of carbonyl (C=O) groups is 1. The predicted octanol–water partition coefficient (Wildman–Crippen LogP) is 6.17. The molecule has 2 atom stereocenters. The molecule has 0 aliphatic rings. The standard InChI is InChI=1S/C23H31BrN2O2/c1-4-6-7-8-9-10-19-15-26-20(16-25-19)17-11-13-18(14-12-17)23(3,22(27)28)21(24)5-2/h11-16,21H,4-10H2,1-3H3,(H,27,28). The average Bonchev–Trinajstić information content (AvgIpc) is 2.73. The molecule has 2 unspecified atom stereocenters. The lowest BCUT2D eigenvalue weighted by Crippen LogP contribution is -2.40. The molecule has 0 aliphatic heterocycles. The molecule has 5 heteroatoms. The molecule has 0 radical (unpaired) electrons. The van der Waals surface area contributed by atoms with Gasteiger partial charge in [-0.1, -0.05) is 79.7 Å². The number of unbranched alkanes of at least 4 members (excludes halogenated alkanes) is 4. The second-order valence-corrected chi connectivity index (χ2v) is 8.62. The number of carboxylic acid groups (broad SMARTS) is 1. The molecule has 1 aromatic heterocycles. The van der Waals surface area contributed by atoms with E-state index in [0.29, 0.717) is 0 Å². The van der Waals surface area contributed by atoms with Crippen molar-refractivity contribution in [3.05, 3.63) is 47.9 Å². The molecule has 152 valence electrons. The van der Waals surface area contributed by atoms with Crippen LogP contribution in [0.3, 0.4) is 0 Å². The molecule has 0 aliphatic carbocycles. The van der Waals surface area contributed by atoms with Gasteiger partial charge >= 0.3 is 5.97 Å². The molecular weight excluding hydrogens is 416 g/mol. The Morgan fingerprint density at radius 3 is 2.29 bits per heavy atom. The zero-order valence-electron chi connectivity index (χ0n) is 17.1. The molecule has 1 heterocycles. The first-order valence-corrected chi connectivity index (χ1v) is 11.1. The van der Waals surface area contributed by atoms with Crippen LogP contribution < -0.4 is 0 Å². The normalized spacial score (nSPS) is 14.4. The Hall–Kier alpha value is -1.75. The molecule has 0 spiro atoms. The van der Waals surface area contributed by atoms with E-state index in [4.69, 9.17) is 0 Å². The minimum Gasteiger partial charge on any atom is -0.481 e. The van der Waals surface area contributed by atoms with Crippen LogP contribution in [0.1, 0.15) is 70.6 Å². The van der Waals surface area contributed by atoms with Gasteiger partial charge in [-0.3, -0.25) is 14.8 Å². The van der Waals surface area contributed by atoms with Crippen LogP contribution in [0.4, 0.5) is 0 Å². The third-order valence-electron chi connectivity index (χ3n) is 5.45. The number of aromatic nitrogens is 2. The van der Waals surface area contributed by atoms with Gasteiger partial charge in [0.25, 0.3) is 0 Å². The molecule has 4 nitrogen and oxygen atoms in total. The first kappa shape index (κ1) is 22.5. The maximum Gasteiger partial charge on any atom is 0.314 e. The van der Waals surface area contributed by atoms with Crippen LogP contribution in [0.5, 0.6) is 0 Å². The zero-order chi connectivity index (χ0) is 20.6. The summed E-state index contributed by atoms with van der Waals surface area (Å²) in [6.45, 7) is 5.97. The van der Waals surface area contributed by atoms with Gasteiger partial charge in [0.05, 0.1) is 17.6 Å². The van der Waals surface area contributed by atoms with Crippen LogP contribution >= 0.6 is 15.9 Å². The third-order valence-corrected chi connectivity index (χ3v) is 7.01. The van der Waals surface area contributed by atoms with Gasteiger partial charge in [0.15, 0.2) is 0 Å².